The molecule has 28 heavy (non-hydrogen) atoms. The third-order valence-electron chi connectivity index (χ3n) is 3.47. The summed E-state index contributed by atoms with van der Waals surface area (Å²) in [5, 5.41) is 2.60. The number of aromatic nitrogens is 1. The molecule has 0 fully saturated rings. The Morgan fingerprint density at radius 2 is 1.71 bits per heavy atom. The molecule has 0 saturated heterocycles. The van der Waals surface area contributed by atoms with Crippen LogP contribution in [0.2, 0.25) is 0 Å². The number of pyridine rings is 1. The number of hydrogen-bond donors (Lipinski definition) is 1. The van der Waals surface area contributed by atoms with E-state index < -0.39 is 18.7 Å². The Bertz CT molecular complexity index is 947. The average Bonchev–Trinajstić information content (AvgIpc) is 2.67. The number of amides is 1. The van der Waals surface area contributed by atoms with Gasteiger partial charge in [-0.25, -0.2) is 4.98 Å². The molecule has 0 aliphatic carbocycles. The largest absolute Gasteiger partial charge is 0.484 e. The van der Waals surface area contributed by atoms with Crippen molar-refractivity contribution >= 4 is 11.6 Å². The molecule has 3 rings (SSSR count). The fourth-order valence-electron chi connectivity index (χ4n) is 2.27. The number of carbonyl (C=O) groups excluding carboxylic acids is 1. The van der Waals surface area contributed by atoms with E-state index in [9.17, 15) is 18.0 Å². The van der Waals surface area contributed by atoms with Crippen molar-refractivity contribution in [3.05, 3.63) is 78.5 Å². The summed E-state index contributed by atoms with van der Waals surface area (Å²) < 4.78 is 47.2. The normalized spacial score (nSPS) is 11.0. The molecule has 3 aromatic rings. The maximum absolute atomic E-state index is 12.6. The Hall–Kier alpha value is -3.55. The van der Waals surface area contributed by atoms with Gasteiger partial charge in [-0.05, 0) is 36.4 Å². The zero-order valence-corrected chi connectivity index (χ0v) is 14.4. The molecule has 144 valence electrons. The molecule has 1 amide bonds. The summed E-state index contributed by atoms with van der Waals surface area (Å²) in [5.41, 5.74) is 0.451. The molecular weight excluding hydrogens is 373 g/mol. The second kappa shape index (κ2) is 8.43. The van der Waals surface area contributed by atoms with Crippen LogP contribution in [0.1, 0.15) is 10.4 Å². The fraction of sp³-hybridized carbons (Fsp3) is 0.100. The first kappa shape index (κ1) is 19.2. The van der Waals surface area contributed by atoms with Crippen molar-refractivity contribution in [3.8, 4) is 17.4 Å². The highest BCUT2D eigenvalue weighted by Crippen LogP contribution is 2.25. The van der Waals surface area contributed by atoms with E-state index in [4.69, 9.17) is 4.74 Å². The van der Waals surface area contributed by atoms with Crippen molar-refractivity contribution in [1.29, 1.82) is 0 Å². The van der Waals surface area contributed by atoms with Crippen LogP contribution in [-0.2, 0) is 0 Å². The molecule has 0 bridgehead atoms. The molecule has 1 aromatic heterocycles. The van der Waals surface area contributed by atoms with Crippen molar-refractivity contribution in [2.24, 2.45) is 0 Å². The molecule has 0 unspecified atom stereocenters. The smallest absolute Gasteiger partial charge is 0.422 e. The van der Waals surface area contributed by atoms with E-state index in [1.165, 1.54) is 36.5 Å². The number of alkyl halides is 3. The number of benzene rings is 2. The van der Waals surface area contributed by atoms with Gasteiger partial charge in [-0.2, -0.15) is 13.2 Å². The first-order valence-corrected chi connectivity index (χ1v) is 8.19. The summed E-state index contributed by atoms with van der Waals surface area (Å²) in [5.74, 6) is 0.0857. The Morgan fingerprint density at radius 1 is 0.964 bits per heavy atom. The van der Waals surface area contributed by atoms with Crippen molar-refractivity contribution in [2.45, 2.75) is 6.18 Å². The average molecular weight is 388 g/mol. The summed E-state index contributed by atoms with van der Waals surface area (Å²) in [6.45, 7) is -1.41. The van der Waals surface area contributed by atoms with Crippen LogP contribution in [0.15, 0.2) is 72.9 Å². The van der Waals surface area contributed by atoms with Crippen LogP contribution in [-0.4, -0.2) is 23.7 Å². The van der Waals surface area contributed by atoms with Gasteiger partial charge in [-0.3, -0.25) is 4.79 Å². The molecule has 5 nitrogen and oxygen atoms in total. The summed E-state index contributed by atoms with van der Waals surface area (Å²) in [4.78, 5) is 16.7. The minimum Gasteiger partial charge on any atom is -0.484 e. The lowest BCUT2D eigenvalue weighted by Crippen LogP contribution is -2.19. The monoisotopic (exact) mass is 388 g/mol. The molecule has 0 spiro atoms. The van der Waals surface area contributed by atoms with Gasteiger partial charge in [0, 0.05) is 18.0 Å². The van der Waals surface area contributed by atoms with E-state index in [2.05, 4.69) is 15.0 Å². The van der Waals surface area contributed by atoms with E-state index in [1.54, 1.807) is 30.3 Å². The van der Waals surface area contributed by atoms with Gasteiger partial charge in [0.2, 0.25) is 5.88 Å². The predicted octanol–water partition coefficient (Wildman–Crippen LogP) is 5.07. The van der Waals surface area contributed by atoms with Crippen molar-refractivity contribution in [3.63, 3.8) is 0 Å². The van der Waals surface area contributed by atoms with Gasteiger partial charge in [0.25, 0.3) is 5.91 Å². The number of nitrogens with zero attached hydrogens (tertiary/aromatic N) is 1. The minimum atomic E-state index is -4.45. The Labute approximate surface area is 158 Å². The highest BCUT2D eigenvalue weighted by molar-refractivity contribution is 6.05. The zero-order valence-electron chi connectivity index (χ0n) is 14.4. The molecule has 0 aliphatic rings. The van der Waals surface area contributed by atoms with Crippen molar-refractivity contribution in [2.75, 3.05) is 11.9 Å². The van der Waals surface area contributed by atoms with Crippen LogP contribution in [0.5, 0.6) is 17.4 Å². The fourth-order valence-corrected chi connectivity index (χ4v) is 2.27. The third-order valence-corrected chi connectivity index (χ3v) is 3.47. The van der Waals surface area contributed by atoms with Gasteiger partial charge in [-0.1, -0.05) is 24.3 Å². The first-order chi connectivity index (χ1) is 13.4. The standard InChI is InChI=1S/C20H15F3N2O3/c21-20(22,23)13-27-16-9-4-6-14(12-16)25-18(26)17-10-5-11-24-19(17)28-15-7-2-1-3-8-15/h1-12H,13H2,(H,25,26). The second-order valence-electron chi connectivity index (χ2n) is 5.66. The van der Waals surface area contributed by atoms with E-state index in [-0.39, 0.29) is 22.9 Å². The lowest BCUT2D eigenvalue weighted by Gasteiger charge is -2.12. The maximum Gasteiger partial charge on any atom is 0.422 e. The Kier molecular flexibility index (Phi) is 5.78. The van der Waals surface area contributed by atoms with Crippen LogP contribution >= 0.6 is 0 Å². The molecule has 0 aliphatic heterocycles. The Morgan fingerprint density at radius 3 is 2.46 bits per heavy atom. The molecule has 1 heterocycles. The topological polar surface area (TPSA) is 60.5 Å². The van der Waals surface area contributed by atoms with Crippen LogP contribution in [0, 0.1) is 0 Å². The second-order valence-corrected chi connectivity index (χ2v) is 5.66. The lowest BCUT2D eigenvalue weighted by atomic mass is 10.2. The van der Waals surface area contributed by atoms with Gasteiger partial charge < -0.3 is 14.8 Å². The molecule has 0 saturated carbocycles. The zero-order chi connectivity index (χ0) is 20.0. The lowest BCUT2D eigenvalue weighted by molar-refractivity contribution is -0.153. The number of ether oxygens (including phenoxy) is 2. The van der Waals surface area contributed by atoms with Crippen molar-refractivity contribution in [1.82, 2.24) is 4.98 Å². The van der Waals surface area contributed by atoms with Gasteiger partial charge >= 0.3 is 6.18 Å². The number of carbonyl (C=O) groups is 1. The number of rotatable bonds is 6. The first-order valence-electron chi connectivity index (χ1n) is 8.19. The highest BCUT2D eigenvalue weighted by Gasteiger charge is 2.28. The van der Waals surface area contributed by atoms with Gasteiger partial charge in [0.1, 0.15) is 17.1 Å². The third kappa shape index (κ3) is 5.47. The molecule has 8 heteroatoms. The number of halogens is 3. The molecule has 2 aromatic carbocycles. The minimum absolute atomic E-state index is 0.0120. The summed E-state index contributed by atoms with van der Waals surface area (Å²) in [6, 6.07) is 17.6. The number of para-hydroxylation sites is 1. The number of nitrogens with one attached hydrogen (secondary N) is 1. The van der Waals surface area contributed by atoms with Crippen LogP contribution in [0.3, 0.4) is 0 Å². The van der Waals surface area contributed by atoms with Crippen LogP contribution < -0.4 is 14.8 Å². The van der Waals surface area contributed by atoms with E-state index in [0.717, 1.165) is 0 Å². The molecule has 0 atom stereocenters. The van der Waals surface area contributed by atoms with Crippen LogP contribution in [0.25, 0.3) is 0 Å². The highest BCUT2D eigenvalue weighted by atomic mass is 19.4. The molecular formula is C20H15F3N2O3. The van der Waals surface area contributed by atoms with E-state index in [1.807, 2.05) is 6.07 Å². The Balaban J connectivity index is 1.73. The molecule has 0 radical (unpaired) electrons. The number of anilines is 1. The van der Waals surface area contributed by atoms with Gasteiger partial charge in [0.15, 0.2) is 6.61 Å². The van der Waals surface area contributed by atoms with Crippen LogP contribution in [0.4, 0.5) is 18.9 Å². The summed E-state index contributed by atoms with van der Waals surface area (Å²) >= 11 is 0. The summed E-state index contributed by atoms with van der Waals surface area (Å²) in [6.07, 6.45) is -2.96. The van der Waals surface area contributed by atoms with E-state index in [0.29, 0.717) is 5.75 Å². The van der Waals surface area contributed by atoms with Gasteiger partial charge in [-0.15, -0.1) is 0 Å². The SMILES string of the molecule is O=C(Nc1cccc(OCC(F)(F)F)c1)c1cccnc1Oc1ccccc1. The van der Waals surface area contributed by atoms with Crippen molar-refractivity contribution < 1.29 is 27.4 Å². The quantitative estimate of drug-likeness (QED) is 0.641. The number of hydrogen-bond acceptors (Lipinski definition) is 4. The van der Waals surface area contributed by atoms with E-state index >= 15 is 0 Å². The maximum atomic E-state index is 12.6. The summed E-state index contributed by atoms with van der Waals surface area (Å²) in [7, 11) is 0. The van der Waals surface area contributed by atoms with Gasteiger partial charge in [0.05, 0.1) is 0 Å². The molecule has 1 N–H and O–H groups in total. The predicted molar refractivity (Wildman–Crippen MR) is 96.7 cm³/mol.